The summed E-state index contributed by atoms with van der Waals surface area (Å²) in [7, 11) is 1.46. The third-order valence-electron chi connectivity index (χ3n) is 3.80. The van der Waals surface area contributed by atoms with Crippen LogP contribution >= 0.6 is 11.3 Å². The number of nitrogens with zero attached hydrogens (tertiary/aromatic N) is 1. The second-order valence-electron chi connectivity index (χ2n) is 6.02. The van der Waals surface area contributed by atoms with Crippen molar-refractivity contribution in [3.05, 3.63) is 64.6 Å². The third-order valence-corrected chi connectivity index (χ3v) is 4.43. The molecule has 0 spiro atoms. The Morgan fingerprint density at radius 2 is 1.87 bits per heavy atom. The Bertz CT molecular complexity index is 977. The number of ether oxygens (including phenoxy) is 3. The number of carbonyl (C=O) groups excluding carboxylic acids is 1. The number of hydrogen-bond donors (Lipinski definition) is 1. The van der Waals surface area contributed by atoms with Crippen LogP contribution in [0.25, 0.3) is 0 Å². The summed E-state index contributed by atoms with van der Waals surface area (Å²) in [4.78, 5) is 16.6. The van der Waals surface area contributed by atoms with E-state index in [-0.39, 0.29) is 12.4 Å². The molecule has 1 N–H and O–H groups in total. The predicted octanol–water partition coefficient (Wildman–Crippen LogP) is 4.92. The topological polar surface area (TPSA) is 69.7 Å². The molecule has 1 amide bonds. The van der Waals surface area contributed by atoms with Crippen LogP contribution < -0.4 is 19.5 Å². The first-order chi connectivity index (χ1) is 14.3. The van der Waals surface area contributed by atoms with E-state index >= 15 is 0 Å². The van der Waals surface area contributed by atoms with Crippen molar-refractivity contribution in [3.8, 4) is 17.2 Å². The van der Waals surface area contributed by atoms with Crippen LogP contribution in [0.4, 0.5) is 18.9 Å². The van der Waals surface area contributed by atoms with Crippen molar-refractivity contribution in [2.75, 3.05) is 19.0 Å². The molecule has 0 atom stereocenters. The summed E-state index contributed by atoms with van der Waals surface area (Å²) in [5.41, 5.74) is 3.22. The molecule has 0 aliphatic heterocycles. The average molecular weight is 438 g/mol. The van der Waals surface area contributed by atoms with Crippen LogP contribution in [-0.2, 0) is 6.61 Å². The first kappa shape index (κ1) is 21.4. The molecule has 0 saturated heterocycles. The number of halogens is 3. The molecule has 2 aromatic carbocycles. The molecular weight excluding hydrogens is 421 g/mol. The van der Waals surface area contributed by atoms with Gasteiger partial charge in [-0.15, -0.1) is 11.3 Å². The van der Waals surface area contributed by atoms with Gasteiger partial charge >= 0.3 is 6.18 Å². The van der Waals surface area contributed by atoms with Crippen LogP contribution in [0.5, 0.6) is 17.2 Å². The van der Waals surface area contributed by atoms with Crippen LogP contribution in [0.3, 0.4) is 0 Å². The van der Waals surface area contributed by atoms with Crippen LogP contribution in [0.2, 0.25) is 0 Å². The Hall–Kier alpha value is -3.27. The van der Waals surface area contributed by atoms with Crippen molar-refractivity contribution < 1.29 is 32.2 Å². The van der Waals surface area contributed by atoms with Gasteiger partial charge in [-0.1, -0.05) is 0 Å². The molecule has 1 aromatic heterocycles. The van der Waals surface area contributed by atoms with E-state index in [1.807, 2.05) is 5.38 Å². The van der Waals surface area contributed by atoms with Gasteiger partial charge in [0.05, 0.1) is 18.3 Å². The first-order valence-electron chi connectivity index (χ1n) is 8.63. The quantitative estimate of drug-likeness (QED) is 0.540. The Morgan fingerprint density at radius 3 is 2.50 bits per heavy atom. The fourth-order valence-electron chi connectivity index (χ4n) is 2.39. The molecule has 3 aromatic rings. The molecule has 30 heavy (non-hydrogen) atoms. The minimum Gasteiger partial charge on any atom is -0.493 e. The summed E-state index contributed by atoms with van der Waals surface area (Å²) in [6, 6.07) is 10.3. The summed E-state index contributed by atoms with van der Waals surface area (Å²) in [6.45, 7) is -1.11. The number of benzene rings is 2. The summed E-state index contributed by atoms with van der Waals surface area (Å²) in [6.07, 6.45) is -4.41. The number of carbonyl (C=O) groups is 1. The van der Waals surface area contributed by atoms with Crippen molar-refractivity contribution in [1.82, 2.24) is 4.98 Å². The summed E-state index contributed by atoms with van der Waals surface area (Å²) in [5, 5.41) is 4.53. The first-order valence-corrected chi connectivity index (χ1v) is 9.57. The lowest BCUT2D eigenvalue weighted by Gasteiger charge is -2.12. The largest absolute Gasteiger partial charge is 0.493 e. The fourth-order valence-corrected chi connectivity index (χ4v) is 2.93. The SMILES string of the molecule is COc1cc(C(=O)Nc2ccc(OCC(F)(F)F)cc2)ccc1OCc1cscn1. The molecule has 0 bridgehead atoms. The third kappa shape index (κ3) is 6.11. The van der Waals surface area contributed by atoms with Crippen LogP contribution in [0.15, 0.2) is 53.4 Å². The van der Waals surface area contributed by atoms with E-state index in [9.17, 15) is 18.0 Å². The number of rotatable bonds is 8. The van der Waals surface area contributed by atoms with E-state index < -0.39 is 18.7 Å². The van der Waals surface area contributed by atoms with Gasteiger partial charge in [0, 0.05) is 16.6 Å². The van der Waals surface area contributed by atoms with Gasteiger partial charge in [-0.3, -0.25) is 4.79 Å². The minimum atomic E-state index is -4.41. The molecule has 0 saturated carbocycles. The number of nitrogens with one attached hydrogen (secondary N) is 1. The summed E-state index contributed by atoms with van der Waals surface area (Å²) < 4.78 is 52.2. The second-order valence-corrected chi connectivity index (χ2v) is 6.74. The van der Waals surface area contributed by atoms with Gasteiger partial charge in [-0.2, -0.15) is 13.2 Å². The number of amides is 1. The Kier molecular flexibility index (Phi) is 6.78. The van der Waals surface area contributed by atoms with E-state index in [0.29, 0.717) is 22.7 Å². The number of hydrogen-bond acceptors (Lipinski definition) is 6. The van der Waals surface area contributed by atoms with E-state index in [1.165, 1.54) is 48.8 Å². The van der Waals surface area contributed by atoms with E-state index in [4.69, 9.17) is 9.47 Å². The molecule has 0 aliphatic carbocycles. The van der Waals surface area contributed by atoms with E-state index in [2.05, 4.69) is 15.0 Å². The molecule has 3 rings (SSSR count). The zero-order valence-electron chi connectivity index (χ0n) is 15.7. The van der Waals surface area contributed by atoms with Gasteiger partial charge in [0.1, 0.15) is 12.4 Å². The number of thiazole rings is 1. The van der Waals surface area contributed by atoms with Crippen molar-refractivity contribution in [2.45, 2.75) is 12.8 Å². The maximum Gasteiger partial charge on any atom is 0.422 e. The normalized spacial score (nSPS) is 11.1. The van der Waals surface area contributed by atoms with Gasteiger partial charge in [0.15, 0.2) is 18.1 Å². The number of alkyl halides is 3. The maximum atomic E-state index is 12.5. The highest BCUT2D eigenvalue weighted by Gasteiger charge is 2.28. The second kappa shape index (κ2) is 9.49. The molecule has 0 unspecified atom stereocenters. The van der Waals surface area contributed by atoms with Crippen LogP contribution in [-0.4, -0.2) is 30.8 Å². The maximum absolute atomic E-state index is 12.5. The summed E-state index contributed by atoms with van der Waals surface area (Å²) >= 11 is 1.46. The molecule has 10 heteroatoms. The molecular formula is C20H17F3N2O4S. The molecule has 1 heterocycles. The van der Waals surface area contributed by atoms with Gasteiger partial charge in [0.25, 0.3) is 5.91 Å². The zero-order chi connectivity index (χ0) is 21.6. The lowest BCUT2D eigenvalue weighted by Crippen LogP contribution is -2.19. The van der Waals surface area contributed by atoms with Gasteiger partial charge in [-0.25, -0.2) is 4.98 Å². The fraction of sp³-hybridized carbons (Fsp3) is 0.200. The Labute approximate surface area is 174 Å². The van der Waals surface area contributed by atoms with Crippen LogP contribution in [0, 0.1) is 0 Å². The number of aromatic nitrogens is 1. The number of methoxy groups -OCH3 is 1. The highest BCUT2D eigenvalue weighted by Crippen LogP contribution is 2.29. The standard InChI is InChI=1S/C20H17F3N2O4S/c1-27-18-8-13(2-7-17(18)28-9-15-10-30-12-24-15)19(26)25-14-3-5-16(6-4-14)29-11-20(21,22)23/h2-8,10,12H,9,11H2,1H3,(H,25,26). The van der Waals surface area contributed by atoms with E-state index in [1.54, 1.807) is 17.6 Å². The van der Waals surface area contributed by atoms with E-state index in [0.717, 1.165) is 5.69 Å². The lowest BCUT2D eigenvalue weighted by atomic mass is 10.1. The van der Waals surface area contributed by atoms with Crippen molar-refractivity contribution >= 4 is 22.9 Å². The molecule has 158 valence electrons. The molecule has 0 radical (unpaired) electrons. The Morgan fingerprint density at radius 1 is 1.10 bits per heavy atom. The van der Waals surface area contributed by atoms with Crippen LogP contribution in [0.1, 0.15) is 16.1 Å². The van der Waals surface area contributed by atoms with Gasteiger partial charge in [0.2, 0.25) is 0 Å². The molecule has 0 aliphatic rings. The number of anilines is 1. The van der Waals surface area contributed by atoms with Gasteiger partial charge in [-0.05, 0) is 42.5 Å². The minimum absolute atomic E-state index is 0.0496. The van der Waals surface area contributed by atoms with Gasteiger partial charge < -0.3 is 19.5 Å². The Balaban J connectivity index is 1.62. The van der Waals surface area contributed by atoms with Crippen molar-refractivity contribution in [2.24, 2.45) is 0 Å². The van der Waals surface area contributed by atoms with Crippen molar-refractivity contribution in [1.29, 1.82) is 0 Å². The lowest BCUT2D eigenvalue weighted by molar-refractivity contribution is -0.153. The zero-order valence-corrected chi connectivity index (χ0v) is 16.5. The highest BCUT2D eigenvalue weighted by atomic mass is 32.1. The highest BCUT2D eigenvalue weighted by molar-refractivity contribution is 7.07. The summed E-state index contributed by atoms with van der Waals surface area (Å²) in [5.74, 6) is 0.485. The smallest absolute Gasteiger partial charge is 0.422 e. The predicted molar refractivity (Wildman–Crippen MR) is 105 cm³/mol. The van der Waals surface area contributed by atoms with Crippen molar-refractivity contribution in [3.63, 3.8) is 0 Å². The molecule has 6 nitrogen and oxygen atoms in total. The average Bonchev–Trinajstić information content (AvgIpc) is 3.24. The monoisotopic (exact) mass is 438 g/mol. The molecule has 0 fully saturated rings.